The first-order valence-electron chi connectivity index (χ1n) is 21.4. The van der Waals surface area contributed by atoms with Gasteiger partial charge in [-0.25, -0.2) is 9.97 Å². The molecular weight excluding hydrogens is 767 g/mol. The highest BCUT2D eigenvalue weighted by Gasteiger charge is 2.20. The molecule has 0 saturated heterocycles. The second-order valence-electron chi connectivity index (χ2n) is 16.2. The van der Waals surface area contributed by atoms with Crippen LogP contribution in [0, 0.1) is 0 Å². The third-order valence-electron chi connectivity index (χ3n) is 12.7. The van der Waals surface area contributed by atoms with Gasteiger partial charge in [-0.15, -0.1) is 0 Å². The average Bonchev–Trinajstić information content (AvgIpc) is 3.99. The van der Waals surface area contributed by atoms with Crippen LogP contribution in [0.2, 0.25) is 0 Å². The molecule has 0 amide bonds. The summed E-state index contributed by atoms with van der Waals surface area (Å²) < 4.78 is 7.02. The van der Waals surface area contributed by atoms with Gasteiger partial charge in [0.2, 0.25) is 5.95 Å². The van der Waals surface area contributed by atoms with Gasteiger partial charge in [0, 0.05) is 54.8 Å². The summed E-state index contributed by atoms with van der Waals surface area (Å²) in [6.45, 7) is 0. The van der Waals surface area contributed by atoms with E-state index < -0.39 is 0 Å². The lowest BCUT2D eigenvalue weighted by Crippen LogP contribution is -2.03. The Kier molecular flexibility index (Phi) is 7.84. The van der Waals surface area contributed by atoms with Gasteiger partial charge >= 0.3 is 0 Å². The van der Waals surface area contributed by atoms with E-state index in [9.17, 15) is 0 Å². The number of hydrogen-bond acceptors (Lipinski definition) is 2. The third-order valence-corrected chi connectivity index (χ3v) is 12.7. The Morgan fingerprint density at radius 3 is 1.14 bits per heavy atom. The van der Waals surface area contributed by atoms with Crippen molar-refractivity contribution in [3.05, 3.63) is 224 Å². The summed E-state index contributed by atoms with van der Waals surface area (Å²) in [6, 6.07) is 80.3. The minimum atomic E-state index is 0.645. The van der Waals surface area contributed by atoms with Gasteiger partial charge in [-0.05, 0) is 90.0 Å². The van der Waals surface area contributed by atoms with E-state index in [4.69, 9.17) is 9.97 Å². The minimum absolute atomic E-state index is 0.645. The van der Waals surface area contributed by atoms with Crippen molar-refractivity contribution in [2.45, 2.75) is 0 Å². The van der Waals surface area contributed by atoms with Crippen LogP contribution in [0.25, 0.3) is 116 Å². The van der Waals surface area contributed by atoms with Crippen LogP contribution in [0.15, 0.2) is 224 Å². The summed E-state index contributed by atoms with van der Waals surface area (Å²) in [5, 5.41) is 7.23. The molecule has 0 aliphatic heterocycles. The van der Waals surface area contributed by atoms with Gasteiger partial charge in [-0.3, -0.25) is 4.57 Å². The van der Waals surface area contributed by atoms with Crippen molar-refractivity contribution >= 4 is 65.4 Å². The molecule has 63 heavy (non-hydrogen) atoms. The van der Waals surface area contributed by atoms with E-state index in [0.29, 0.717) is 5.95 Å². The molecule has 0 unspecified atom stereocenters. The van der Waals surface area contributed by atoms with Gasteiger partial charge in [0.1, 0.15) is 0 Å². The van der Waals surface area contributed by atoms with Crippen LogP contribution in [0.1, 0.15) is 0 Å². The number of aromatic nitrogens is 5. The highest BCUT2D eigenvalue weighted by Crippen LogP contribution is 2.40. The zero-order valence-electron chi connectivity index (χ0n) is 34.1. The Hall–Kier alpha value is -8.54. The molecule has 4 heterocycles. The van der Waals surface area contributed by atoms with E-state index in [1.165, 1.54) is 49.2 Å². The fraction of sp³-hybridized carbons (Fsp3) is 0. The summed E-state index contributed by atoms with van der Waals surface area (Å²) in [6.07, 6.45) is 0. The number of benzene rings is 9. The van der Waals surface area contributed by atoms with E-state index in [1.54, 1.807) is 0 Å². The van der Waals surface area contributed by atoms with E-state index in [-0.39, 0.29) is 0 Å². The molecule has 4 aromatic heterocycles. The molecule has 5 nitrogen and oxygen atoms in total. The molecule has 0 saturated carbocycles. The quantitative estimate of drug-likeness (QED) is 0.168. The summed E-state index contributed by atoms with van der Waals surface area (Å²) in [5.41, 5.74) is 15.4. The van der Waals surface area contributed by atoms with Crippen LogP contribution in [-0.4, -0.2) is 23.7 Å². The van der Waals surface area contributed by atoms with Crippen molar-refractivity contribution < 1.29 is 0 Å². The average molecular weight is 804 g/mol. The fourth-order valence-corrected chi connectivity index (χ4v) is 9.80. The van der Waals surface area contributed by atoms with E-state index >= 15 is 0 Å². The molecule has 0 bridgehead atoms. The zero-order chi connectivity index (χ0) is 41.4. The van der Waals surface area contributed by atoms with Gasteiger partial charge in [-0.2, -0.15) is 0 Å². The Labute approximate surface area is 363 Å². The van der Waals surface area contributed by atoms with E-state index in [1.807, 2.05) is 12.1 Å². The monoisotopic (exact) mass is 803 g/mol. The molecule has 0 atom stereocenters. The lowest BCUT2D eigenvalue weighted by molar-refractivity contribution is 0.995. The van der Waals surface area contributed by atoms with Gasteiger partial charge < -0.3 is 9.13 Å². The fourth-order valence-electron chi connectivity index (χ4n) is 9.80. The largest absolute Gasteiger partial charge is 0.309 e. The second-order valence-corrected chi connectivity index (χ2v) is 16.2. The molecule has 5 heteroatoms. The number of fused-ring (bicyclic) bond motifs is 9. The first kappa shape index (κ1) is 35.2. The predicted molar refractivity (Wildman–Crippen MR) is 261 cm³/mol. The first-order chi connectivity index (χ1) is 31.2. The van der Waals surface area contributed by atoms with Gasteiger partial charge in [0.15, 0.2) is 0 Å². The van der Waals surface area contributed by atoms with Gasteiger partial charge in [0.25, 0.3) is 0 Å². The van der Waals surface area contributed by atoms with Crippen LogP contribution in [0.5, 0.6) is 0 Å². The summed E-state index contributed by atoms with van der Waals surface area (Å²) in [4.78, 5) is 10.5. The maximum atomic E-state index is 5.24. The van der Waals surface area contributed by atoms with Crippen LogP contribution < -0.4 is 0 Å². The minimum Gasteiger partial charge on any atom is -0.309 e. The topological polar surface area (TPSA) is 40.6 Å². The summed E-state index contributed by atoms with van der Waals surface area (Å²) >= 11 is 0. The second kappa shape index (κ2) is 14.0. The maximum absolute atomic E-state index is 5.24. The Morgan fingerprint density at radius 2 is 0.619 bits per heavy atom. The Morgan fingerprint density at radius 1 is 0.238 bits per heavy atom. The van der Waals surface area contributed by atoms with Crippen molar-refractivity contribution in [3.63, 3.8) is 0 Å². The Bertz CT molecular complexity index is 3840. The summed E-state index contributed by atoms with van der Waals surface area (Å²) in [7, 11) is 0. The smallest absolute Gasteiger partial charge is 0.235 e. The molecule has 0 aliphatic rings. The van der Waals surface area contributed by atoms with Gasteiger partial charge in [0.05, 0.1) is 44.5 Å². The molecule has 0 aliphatic carbocycles. The van der Waals surface area contributed by atoms with Crippen molar-refractivity contribution in [2.75, 3.05) is 0 Å². The third kappa shape index (κ3) is 5.57. The molecule has 0 radical (unpaired) electrons. The summed E-state index contributed by atoms with van der Waals surface area (Å²) in [5.74, 6) is 0.645. The van der Waals surface area contributed by atoms with E-state index in [0.717, 1.165) is 61.3 Å². The molecule has 0 N–H and O–H groups in total. The maximum Gasteiger partial charge on any atom is 0.235 e. The SMILES string of the molecule is c1ccc(-c2cc(-c3ccccc3)nc(-n3c4ccccc4c4cc(-c5ccc6c(c5)c5ccccc5n6-c5ccc6c(c5)c5ccccc5n6-c5ccccc5)ccc43)n2)cc1. The number of para-hydroxylation sites is 4. The lowest BCUT2D eigenvalue weighted by Gasteiger charge is -2.12. The molecule has 13 aromatic rings. The van der Waals surface area contributed by atoms with Crippen LogP contribution >= 0.6 is 0 Å². The predicted octanol–water partition coefficient (Wildman–Crippen LogP) is 14.8. The molecule has 0 fully saturated rings. The molecule has 294 valence electrons. The van der Waals surface area contributed by atoms with Crippen LogP contribution in [0.3, 0.4) is 0 Å². The van der Waals surface area contributed by atoms with Crippen molar-refractivity contribution in [1.82, 2.24) is 23.7 Å². The number of hydrogen-bond donors (Lipinski definition) is 0. The lowest BCUT2D eigenvalue weighted by atomic mass is 10.0. The standard InChI is InChI=1S/C58H37N5/c1-4-16-38(17-5-1)50-37-51(39-18-6-2-7-19-39)60-58(59-50)63-54-27-15-12-23-45(54)48-35-41(29-32-57(48)63)40-28-31-55-47(34-40)44-22-10-14-26-53(44)62(55)43-30-33-56-49(36-43)46-24-11-13-25-52(46)61(56)42-20-8-3-9-21-42/h1-37H. The normalized spacial score (nSPS) is 11.8. The highest BCUT2D eigenvalue weighted by atomic mass is 15.2. The Balaban J connectivity index is 0.966. The van der Waals surface area contributed by atoms with E-state index in [2.05, 4.69) is 226 Å². The molecule has 13 rings (SSSR count). The van der Waals surface area contributed by atoms with Crippen LogP contribution in [-0.2, 0) is 0 Å². The van der Waals surface area contributed by atoms with Crippen molar-refractivity contribution in [3.8, 4) is 51.0 Å². The van der Waals surface area contributed by atoms with Gasteiger partial charge in [-0.1, -0.05) is 146 Å². The zero-order valence-corrected chi connectivity index (χ0v) is 34.1. The molecular formula is C58H37N5. The first-order valence-corrected chi connectivity index (χ1v) is 21.4. The van der Waals surface area contributed by atoms with Crippen LogP contribution in [0.4, 0.5) is 0 Å². The molecule has 9 aromatic carbocycles. The number of rotatable bonds is 6. The van der Waals surface area contributed by atoms with Crippen molar-refractivity contribution in [2.24, 2.45) is 0 Å². The van der Waals surface area contributed by atoms with Crippen molar-refractivity contribution in [1.29, 1.82) is 0 Å². The molecule has 0 spiro atoms. The highest BCUT2D eigenvalue weighted by molar-refractivity contribution is 6.14. The number of nitrogens with zero attached hydrogens (tertiary/aromatic N) is 5.